The SMILES string of the molecule is CC1=CC(=O)C(C(C)C)=CC1=NS(=O)(=O)c1ccc(Br)cc1. The van der Waals surface area contributed by atoms with E-state index in [4.69, 9.17) is 0 Å². The molecule has 0 unspecified atom stereocenters. The van der Waals surface area contributed by atoms with Gasteiger partial charge in [0.25, 0.3) is 10.0 Å². The number of carbonyl (C=O) groups excluding carboxylic acids is 1. The van der Waals surface area contributed by atoms with Crippen LogP contribution in [0.4, 0.5) is 0 Å². The third-order valence-electron chi connectivity index (χ3n) is 3.28. The molecule has 6 heteroatoms. The Hall–Kier alpha value is -1.53. The molecule has 0 saturated heterocycles. The Balaban J connectivity index is 2.49. The van der Waals surface area contributed by atoms with Crippen LogP contribution in [0.2, 0.25) is 0 Å². The minimum atomic E-state index is -3.81. The van der Waals surface area contributed by atoms with Crippen molar-refractivity contribution in [3.05, 3.63) is 52.0 Å². The van der Waals surface area contributed by atoms with E-state index >= 15 is 0 Å². The Bertz CT molecular complexity index is 800. The highest BCUT2D eigenvalue weighted by Gasteiger charge is 2.21. The van der Waals surface area contributed by atoms with Gasteiger partial charge >= 0.3 is 0 Å². The van der Waals surface area contributed by atoms with Crippen molar-refractivity contribution < 1.29 is 13.2 Å². The van der Waals surface area contributed by atoms with Crippen LogP contribution in [-0.2, 0) is 14.8 Å². The zero-order valence-electron chi connectivity index (χ0n) is 12.5. The first kappa shape index (κ1) is 16.8. The van der Waals surface area contributed by atoms with E-state index in [1.807, 2.05) is 13.8 Å². The molecule has 0 heterocycles. The Kier molecular flexibility index (Phi) is 4.82. The summed E-state index contributed by atoms with van der Waals surface area (Å²) in [5, 5.41) is 0. The molecule has 116 valence electrons. The highest BCUT2D eigenvalue weighted by atomic mass is 79.9. The first-order valence-electron chi connectivity index (χ1n) is 6.76. The summed E-state index contributed by atoms with van der Waals surface area (Å²) in [6.45, 7) is 5.46. The molecule has 0 radical (unpaired) electrons. The van der Waals surface area contributed by atoms with Crippen LogP contribution in [0.5, 0.6) is 0 Å². The summed E-state index contributed by atoms with van der Waals surface area (Å²) in [5.74, 6) is -0.0788. The largest absolute Gasteiger partial charge is 0.290 e. The third kappa shape index (κ3) is 3.62. The number of ketones is 1. The Morgan fingerprint density at radius 1 is 1.09 bits per heavy atom. The normalized spacial score (nSPS) is 17.7. The van der Waals surface area contributed by atoms with Gasteiger partial charge in [0.2, 0.25) is 0 Å². The molecule has 1 aliphatic rings. The molecule has 0 aromatic heterocycles. The molecule has 0 amide bonds. The van der Waals surface area contributed by atoms with Crippen molar-refractivity contribution in [1.29, 1.82) is 0 Å². The number of hydrogen-bond acceptors (Lipinski definition) is 3. The molecule has 4 nitrogen and oxygen atoms in total. The van der Waals surface area contributed by atoms with Crippen molar-refractivity contribution in [1.82, 2.24) is 0 Å². The lowest BCUT2D eigenvalue weighted by Gasteiger charge is -2.15. The van der Waals surface area contributed by atoms with Gasteiger partial charge in [0, 0.05) is 10.0 Å². The van der Waals surface area contributed by atoms with Gasteiger partial charge in [0.05, 0.1) is 10.6 Å². The minimum absolute atomic E-state index is 0.0115. The molecule has 1 aromatic rings. The van der Waals surface area contributed by atoms with Gasteiger partial charge in [-0.15, -0.1) is 0 Å². The van der Waals surface area contributed by atoms with Gasteiger partial charge in [-0.05, 0) is 54.8 Å². The fourth-order valence-electron chi connectivity index (χ4n) is 2.02. The maximum atomic E-state index is 12.4. The monoisotopic (exact) mass is 381 g/mol. The number of sulfonamides is 1. The van der Waals surface area contributed by atoms with Crippen LogP contribution >= 0.6 is 15.9 Å². The summed E-state index contributed by atoms with van der Waals surface area (Å²) < 4.78 is 29.4. The van der Waals surface area contributed by atoms with E-state index < -0.39 is 10.0 Å². The van der Waals surface area contributed by atoms with Crippen molar-refractivity contribution in [3.8, 4) is 0 Å². The molecule has 1 aromatic carbocycles. The second-order valence-electron chi connectivity index (χ2n) is 5.35. The summed E-state index contributed by atoms with van der Waals surface area (Å²) in [5.41, 5.74) is 1.43. The fraction of sp³-hybridized carbons (Fsp3) is 0.250. The number of hydrogen-bond donors (Lipinski definition) is 0. The molecule has 0 N–H and O–H groups in total. The lowest BCUT2D eigenvalue weighted by atomic mass is 9.90. The molecule has 1 aliphatic carbocycles. The van der Waals surface area contributed by atoms with Crippen LogP contribution in [0.25, 0.3) is 0 Å². The van der Waals surface area contributed by atoms with Gasteiger partial charge < -0.3 is 0 Å². The topological polar surface area (TPSA) is 63.6 Å². The summed E-state index contributed by atoms with van der Waals surface area (Å²) in [6, 6.07) is 6.28. The second kappa shape index (κ2) is 6.30. The number of nitrogens with zero attached hydrogens (tertiary/aromatic N) is 1. The van der Waals surface area contributed by atoms with Crippen molar-refractivity contribution >= 4 is 37.4 Å². The molecule has 0 bridgehead atoms. The summed E-state index contributed by atoms with van der Waals surface area (Å²) >= 11 is 3.26. The highest BCUT2D eigenvalue weighted by Crippen LogP contribution is 2.22. The van der Waals surface area contributed by atoms with Gasteiger partial charge in [-0.1, -0.05) is 29.8 Å². The van der Waals surface area contributed by atoms with Crippen molar-refractivity contribution in [2.24, 2.45) is 10.3 Å². The summed E-state index contributed by atoms with van der Waals surface area (Å²) in [7, 11) is -3.81. The average molecular weight is 382 g/mol. The number of carbonyl (C=O) groups is 1. The third-order valence-corrected chi connectivity index (χ3v) is 5.11. The summed E-state index contributed by atoms with van der Waals surface area (Å²) in [6.07, 6.45) is 3.00. The fourth-order valence-corrected chi connectivity index (χ4v) is 3.33. The smallest absolute Gasteiger partial charge is 0.282 e. The van der Waals surface area contributed by atoms with E-state index in [0.717, 1.165) is 4.47 Å². The predicted octanol–water partition coefficient (Wildman–Crippen LogP) is 3.69. The van der Waals surface area contributed by atoms with Crippen LogP contribution in [0.15, 0.2) is 61.3 Å². The van der Waals surface area contributed by atoms with Crippen LogP contribution in [-0.4, -0.2) is 19.9 Å². The average Bonchev–Trinajstić information content (AvgIpc) is 2.41. The van der Waals surface area contributed by atoms with E-state index in [1.165, 1.54) is 18.2 Å². The maximum absolute atomic E-state index is 12.4. The molecule has 0 aliphatic heterocycles. The predicted molar refractivity (Wildman–Crippen MR) is 90.4 cm³/mol. The van der Waals surface area contributed by atoms with Gasteiger partial charge in [-0.3, -0.25) is 4.79 Å². The van der Waals surface area contributed by atoms with E-state index in [9.17, 15) is 13.2 Å². The minimum Gasteiger partial charge on any atom is -0.290 e. The molecular formula is C16H16BrNO3S. The van der Waals surface area contributed by atoms with E-state index in [1.54, 1.807) is 25.1 Å². The number of rotatable bonds is 3. The number of halogens is 1. The second-order valence-corrected chi connectivity index (χ2v) is 7.87. The standard InChI is InChI=1S/C16H16BrNO3S/c1-10(2)14-9-15(11(3)8-16(14)19)18-22(20,21)13-6-4-12(17)5-7-13/h4-10H,1-3H3. The maximum Gasteiger partial charge on any atom is 0.282 e. The van der Waals surface area contributed by atoms with Crippen LogP contribution in [0.3, 0.4) is 0 Å². The lowest BCUT2D eigenvalue weighted by Crippen LogP contribution is -2.16. The van der Waals surface area contributed by atoms with Crippen molar-refractivity contribution in [2.45, 2.75) is 25.7 Å². The molecule has 0 atom stereocenters. The van der Waals surface area contributed by atoms with Crippen LogP contribution < -0.4 is 0 Å². The molecule has 0 saturated carbocycles. The van der Waals surface area contributed by atoms with Gasteiger partial charge in [0.15, 0.2) is 5.78 Å². The van der Waals surface area contributed by atoms with Crippen LogP contribution in [0.1, 0.15) is 20.8 Å². The number of allylic oxidation sites excluding steroid dienone is 4. The summed E-state index contributed by atoms with van der Waals surface area (Å²) in [4.78, 5) is 12.0. The van der Waals surface area contributed by atoms with E-state index in [0.29, 0.717) is 16.9 Å². The lowest BCUT2D eigenvalue weighted by molar-refractivity contribution is -0.111. The first-order valence-corrected chi connectivity index (χ1v) is 8.99. The highest BCUT2D eigenvalue weighted by molar-refractivity contribution is 9.10. The molecular weight excluding hydrogens is 366 g/mol. The quantitative estimate of drug-likeness (QED) is 0.749. The Morgan fingerprint density at radius 2 is 1.68 bits per heavy atom. The van der Waals surface area contributed by atoms with Crippen molar-refractivity contribution in [3.63, 3.8) is 0 Å². The first-order chi connectivity index (χ1) is 10.2. The van der Waals surface area contributed by atoms with Crippen molar-refractivity contribution in [2.75, 3.05) is 0 Å². The molecule has 22 heavy (non-hydrogen) atoms. The molecule has 0 spiro atoms. The zero-order valence-corrected chi connectivity index (χ0v) is 14.9. The van der Waals surface area contributed by atoms with E-state index in [-0.39, 0.29) is 16.6 Å². The number of benzene rings is 1. The van der Waals surface area contributed by atoms with E-state index in [2.05, 4.69) is 20.3 Å². The Morgan fingerprint density at radius 3 is 2.23 bits per heavy atom. The molecule has 2 rings (SSSR count). The van der Waals surface area contributed by atoms with Gasteiger partial charge in [-0.2, -0.15) is 12.8 Å². The van der Waals surface area contributed by atoms with Gasteiger partial charge in [-0.25, -0.2) is 0 Å². The van der Waals surface area contributed by atoms with Gasteiger partial charge in [0.1, 0.15) is 0 Å². The van der Waals surface area contributed by atoms with Crippen LogP contribution in [0, 0.1) is 5.92 Å². The Labute approximate surface area is 138 Å². The zero-order chi connectivity index (χ0) is 16.5. The molecule has 0 fully saturated rings.